The zero-order valence-corrected chi connectivity index (χ0v) is 15.9. The molecule has 0 unspecified atom stereocenters. The Morgan fingerprint density at radius 1 is 0.600 bits per heavy atom. The minimum absolute atomic E-state index is 0.0768. The van der Waals surface area contributed by atoms with Crippen LogP contribution >= 0.6 is 0 Å². The van der Waals surface area contributed by atoms with E-state index in [1.807, 2.05) is 0 Å². The van der Waals surface area contributed by atoms with E-state index in [1.54, 1.807) is 0 Å². The fourth-order valence-corrected chi connectivity index (χ4v) is 3.62. The van der Waals surface area contributed by atoms with Crippen LogP contribution < -0.4 is 0 Å². The zero-order valence-electron chi connectivity index (χ0n) is 15.9. The van der Waals surface area contributed by atoms with Crippen LogP contribution in [0.15, 0.2) is 61.7 Å². The second-order valence-corrected chi connectivity index (χ2v) is 6.87. The van der Waals surface area contributed by atoms with E-state index in [2.05, 4.69) is 13.2 Å². The molecule has 0 saturated heterocycles. The minimum Gasteiger partial charge on any atom is -0.289 e. The molecule has 2 heterocycles. The van der Waals surface area contributed by atoms with Crippen molar-refractivity contribution in [3.05, 3.63) is 95.1 Å². The van der Waals surface area contributed by atoms with E-state index in [1.165, 1.54) is 48.6 Å². The normalized spacial score (nSPS) is 15.4. The van der Waals surface area contributed by atoms with Gasteiger partial charge in [-0.2, -0.15) is 0 Å². The molecule has 148 valence electrons. The summed E-state index contributed by atoms with van der Waals surface area (Å²) in [6, 6.07) is 8.10. The van der Waals surface area contributed by atoms with Gasteiger partial charge in [0.2, 0.25) is 0 Å². The Bertz CT molecular complexity index is 1110. The Hall–Kier alpha value is -4.13. The third-order valence-corrected chi connectivity index (χ3v) is 5.09. The first-order chi connectivity index (χ1) is 14.4. The second kappa shape index (κ2) is 7.04. The van der Waals surface area contributed by atoms with E-state index in [9.17, 15) is 24.0 Å². The van der Waals surface area contributed by atoms with Crippen LogP contribution in [0, 0.1) is 0 Å². The van der Waals surface area contributed by atoms with Crippen molar-refractivity contribution in [3.63, 3.8) is 0 Å². The van der Waals surface area contributed by atoms with Crippen LogP contribution in [0.2, 0.25) is 0 Å². The Morgan fingerprint density at radius 3 is 1.33 bits per heavy atom. The molecular formula is C23H16N2O5. The highest BCUT2D eigenvalue weighted by molar-refractivity contribution is 6.24. The number of imide groups is 2. The van der Waals surface area contributed by atoms with Crippen molar-refractivity contribution in [1.29, 1.82) is 0 Å². The van der Waals surface area contributed by atoms with Crippen molar-refractivity contribution in [1.82, 2.24) is 9.80 Å². The van der Waals surface area contributed by atoms with E-state index < -0.39 is 29.4 Å². The fourth-order valence-electron chi connectivity index (χ4n) is 3.62. The van der Waals surface area contributed by atoms with Crippen molar-refractivity contribution in [2.24, 2.45) is 0 Å². The summed E-state index contributed by atoms with van der Waals surface area (Å²) < 4.78 is 0. The molecule has 0 atom stereocenters. The number of amides is 4. The predicted molar refractivity (Wildman–Crippen MR) is 107 cm³/mol. The summed E-state index contributed by atoms with van der Waals surface area (Å²) in [4.78, 5) is 67.9. The molecule has 4 bridgehead atoms. The third-order valence-electron chi connectivity index (χ3n) is 5.09. The largest absolute Gasteiger partial charge is 0.289 e. The van der Waals surface area contributed by atoms with Gasteiger partial charge in [0, 0.05) is 24.2 Å². The molecule has 0 aromatic heterocycles. The zero-order chi connectivity index (χ0) is 21.6. The van der Waals surface area contributed by atoms with Gasteiger partial charge >= 0.3 is 0 Å². The van der Waals surface area contributed by atoms with E-state index in [-0.39, 0.29) is 46.5 Å². The smallest absolute Gasteiger partial charge is 0.261 e. The highest BCUT2D eigenvalue weighted by atomic mass is 16.2. The summed E-state index contributed by atoms with van der Waals surface area (Å²) in [5.74, 6) is -3.35. The molecule has 0 radical (unpaired) electrons. The standard InChI is InChI=1S/C23H16N2O5/c1-3-9-24-20(27)15-7-5-13-11-17(15)22(29)25(10-4-2)23(30)18-12-14(19(13)26)6-8-16(18)21(24)28/h3-8,11-12H,1-2,9-10H2. The maximum atomic E-state index is 13.3. The van der Waals surface area contributed by atoms with Crippen molar-refractivity contribution in [3.8, 4) is 0 Å². The lowest BCUT2D eigenvalue weighted by Crippen LogP contribution is -2.44. The molecule has 4 amide bonds. The number of benzene rings is 2. The number of ketones is 1. The Labute approximate surface area is 171 Å². The minimum atomic E-state index is -0.746. The first kappa shape index (κ1) is 19.2. The van der Waals surface area contributed by atoms with Gasteiger partial charge in [-0.1, -0.05) is 24.3 Å². The van der Waals surface area contributed by atoms with Crippen LogP contribution in [-0.4, -0.2) is 52.3 Å². The van der Waals surface area contributed by atoms with Gasteiger partial charge in [0.25, 0.3) is 23.6 Å². The molecule has 0 N–H and O–H groups in total. The molecule has 2 aliphatic rings. The molecule has 0 saturated carbocycles. The average molecular weight is 400 g/mol. The maximum Gasteiger partial charge on any atom is 0.261 e. The molecule has 0 aliphatic carbocycles. The summed E-state index contributed by atoms with van der Waals surface area (Å²) in [6.45, 7) is 6.93. The van der Waals surface area contributed by atoms with Gasteiger partial charge < -0.3 is 0 Å². The van der Waals surface area contributed by atoms with Gasteiger partial charge in [0.1, 0.15) is 0 Å². The Morgan fingerprint density at radius 2 is 0.967 bits per heavy atom. The molecular weight excluding hydrogens is 384 g/mol. The summed E-state index contributed by atoms with van der Waals surface area (Å²) in [5.41, 5.74) is -0.0143. The van der Waals surface area contributed by atoms with E-state index in [0.29, 0.717) is 0 Å². The number of nitrogens with zero attached hydrogens (tertiary/aromatic N) is 2. The Balaban J connectivity index is 2.17. The lowest BCUT2D eigenvalue weighted by molar-refractivity contribution is 0.0580. The first-order valence-electron chi connectivity index (χ1n) is 9.16. The topological polar surface area (TPSA) is 91.8 Å². The van der Waals surface area contributed by atoms with Gasteiger partial charge in [-0.25, -0.2) is 0 Å². The molecule has 7 nitrogen and oxygen atoms in total. The molecule has 0 spiro atoms. The van der Waals surface area contributed by atoms with Gasteiger partial charge in [-0.3, -0.25) is 33.8 Å². The van der Waals surface area contributed by atoms with Crippen LogP contribution in [0.1, 0.15) is 57.4 Å². The molecule has 2 aliphatic heterocycles. The number of fused-ring (bicyclic) bond motifs is 4. The molecule has 30 heavy (non-hydrogen) atoms. The number of carbonyl (C=O) groups excluding carboxylic acids is 5. The summed E-state index contributed by atoms with van der Waals surface area (Å²) >= 11 is 0. The van der Waals surface area contributed by atoms with Gasteiger partial charge in [0.05, 0.1) is 22.3 Å². The second-order valence-electron chi connectivity index (χ2n) is 6.87. The lowest BCUT2D eigenvalue weighted by atomic mass is 9.91. The molecule has 0 fully saturated rings. The number of carbonyl (C=O) groups is 5. The number of hydrogen-bond acceptors (Lipinski definition) is 5. The third kappa shape index (κ3) is 2.71. The summed E-state index contributed by atoms with van der Waals surface area (Å²) in [5, 5.41) is 0. The summed E-state index contributed by atoms with van der Waals surface area (Å²) in [7, 11) is 0. The highest BCUT2D eigenvalue weighted by Crippen LogP contribution is 2.27. The quantitative estimate of drug-likeness (QED) is 0.581. The van der Waals surface area contributed by atoms with Gasteiger partial charge in [0.15, 0.2) is 5.78 Å². The average Bonchev–Trinajstić information content (AvgIpc) is 2.76. The molecule has 2 aromatic rings. The highest BCUT2D eigenvalue weighted by Gasteiger charge is 2.37. The number of rotatable bonds is 4. The van der Waals surface area contributed by atoms with E-state index in [0.717, 1.165) is 9.80 Å². The summed E-state index contributed by atoms with van der Waals surface area (Å²) in [6.07, 6.45) is 2.76. The van der Waals surface area contributed by atoms with Crippen molar-refractivity contribution < 1.29 is 24.0 Å². The van der Waals surface area contributed by atoms with Gasteiger partial charge in [-0.15, -0.1) is 13.2 Å². The fraction of sp³-hybridized carbons (Fsp3) is 0.0870. The van der Waals surface area contributed by atoms with E-state index >= 15 is 0 Å². The van der Waals surface area contributed by atoms with Crippen LogP contribution in [0.3, 0.4) is 0 Å². The van der Waals surface area contributed by atoms with Crippen LogP contribution in [-0.2, 0) is 0 Å². The SMILES string of the molecule is C=CCN1C(=O)c2ccc3cc2C(=O)N(CC=C)C(=O)c2cc(ccc2C1=O)C3=O. The van der Waals surface area contributed by atoms with Crippen LogP contribution in [0.5, 0.6) is 0 Å². The van der Waals surface area contributed by atoms with Crippen molar-refractivity contribution in [2.75, 3.05) is 13.1 Å². The van der Waals surface area contributed by atoms with Crippen molar-refractivity contribution >= 4 is 29.4 Å². The van der Waals surface area contributed by atoms with Gasteiger partial charge in [-0.05, 0) is 24.3 Å². The number of hydrogen-bond donors (Lipinski definition) is 0. The van der Waals surface area contributed by atoms with E-state index in [4.69, 9.17) is 0 Å². The predicted octanol–water partition coefficient (Wildman–Crippen LogP) is 2.48. The molecule has 4 rings (SSSR count). The molecule has 7 heteroatoms. The Kier molecular flexibility index (Phi) is 4.50. The van der Waals surface area contributed by atoms with Crippen LogP contribution in [0.25, 0.3) is 0 Å². The first-order valence-corrected chi connectivity index (χ1v) is 9.16. The van der Waals surface area contributed by atoms with Crippen LogP contribution in [0.4, 0.5) is 0 Å². The monoisotopic (exact) mass is 400 g/mol. The lowest BCUT2D eigenvalue weighted by Gasteiger charge is -2.28. The molecule has 2 aromatic carbocycles. The van der Waals surface area contributed by atoms with Crippen molar-refractivity contribution in [2.45, 2.75) is 0 Å². The maximum absolute atomic E-state index is 13.3.